The van der Waals surface area contributed by atoms with Crippen LogP contribution in [0.2, 0.25) is 0 Å². The van der Waals surface area contributed by atoms with Crippen LogP contribution in [-0.4, -0.2) is 31.0 Å². The molecule has 0 aromatic carbocycles. The van der Waals surface area contributed by atoms with Gasteiger partial charge in [0.25, 0.3) is 0 Å². The summed E-state index contributed by atoms with van der Waals surface area (Å²) in [6.45, 7) is 7.50. The van der Waals surface area contributed by atoms with Gasteiger partial charge in [0, 0.05) is 25.3 Å². The van der Waals surface area contributed by atoms with Gasteiger partial charge in [0.2, 0.25) is 0 Å². The molecule has 1 saturated carbocycles. The van der Waals surface area contributed by atoms with Gasteiger partial charge in [-0.2, -0.15) is 0 Å². The molecule has 0 unspecified atom stereocenters. The zero-order valence-electron chi connectivity index (χ0n) is 11.9. The number of rotatable bonds is 10. The molecule has 0 bridgehead atoms. The average molecular weight is 268 g/mol. The Bertz CT molecular complexity index is 361. The van der Waals surface area contributed by atoms with E-state index in [1.165, 1.54) is 12.8 Å². The average Bonchev–Trinajstić information content (AvgIpc) is 3.10. The largest absolute Gasteiger partial charge is 0.379 e. The molecule has 2 rings (SSSR count). The van der Waals surface area contributed by atoms with E-state index in [9.17, 15) is 0 Å². The summed E-state index contributed by atoms with van der Waals surface area (Å²) in [7, 11) is 0. The number of nitrogens with zero attached hydrogens (tertiary/aromatic N) is 1. The van der Waals surface area contributed by atoms with Crippen molar-refractivity contribution in [3.05, 3.63) is 17.5 Å². The molecule has 19 heavy (non-hydrogen) atoms. The summed E-state index contributed by atoms with van der Waals surface area (Å²) in [6, 6.07) is 2.64. The van der Waals surface area contributed by atoms with E-state index in [1.54, 1.807) is 0 Å². The predicted octanol–water partition coefficient (Wildman–Crippen LogP) is 2.12. The number of nitrogens with one attached hydrogen (secondary N) is 1. The van der Waals surface area contributed by atoms with E-state index >= 15 is 0 Å². The maximum absolute atomic E-state index is 5.47. The standard InChI is InChI=1S/C14H24N2O3/c1-11(2)9-17-5-6-18-10-14-7-13(16-19-14)8-15-12-3-4-12/h7,11-12,15H,3-6,8-10H2,1-2H3. The van der Waals surface area contributed by atoms with Crippen molar-refractivity contribution in [3.63, 3.8) is 0 Å². The Balaban J connectivity index is 1.52. The summed E-state index contributed by atoms with van der Waals surface area (Å²) in [5.74, 6) is 1.34. The quantitative estimate of drug-likeness (QED) is 0.659. The molecule has 1 aromatic heterocycles. The zero-order valence-corrected chi connectivity index (χ0v) is 11.9. The van der Waals surface area contributed by atoms with E-state index in [0.717, 1.165) is 24.6 Å². The number of hydrogen-bond donors (Lipinski definition) is 1. The smallest absolute Gasteiger partial charge is 0.162 e. The maximum Gasteiger partial charge on any atom is 0.162 e. The van der Waals surface area contributed by atoms with Crippen LogP contribution in [0.3, 0.4) is 0 Å². The molecular weight excluding hydrogens is 244 g/mol. The summed E-state index contributed by atoms with van der Waals surface area (Å²) in [5.41, 5.74) is 0.946. The van der Waals surface area contributed by atoms with E-state index in [2.05, 4.69) is 24.3 Å². The molecule has 1 fully saturated rings. The molecule has 1 aromatic rings. The number of aromatic nitrogens is 1. The topological polar surface area (TPSA) is 56.5 Å². The van der Waals surface area contributed by atoms with Crippen LogP contribution in [-0.2, 0) is 22.6 Å². The first-order chi connectivity index (χ1) is 9.24. The van der Waals surface area contributed by atoms with Crippen LogP contribution in [0.15, 0.2) is 10.6 Å². The van der Waals surface area contributed by atoms with Crippen molar-refractivity contribution in [3.8, 4) is 0 Å². The minimum absolute atomic E-state index is 0.460. The summed E-state index contributed by atoms with van der Waals surface area (Å²) in [6.07, 6.45) is 2.56. The Kier molecular flexibility index (Phi) is 5.82. The van der Waals surface area contributed by atoms with Crippen LogP contribution in [0.1, 0.15) is 38.1 Å². The second-order valence-electron chi connectivity index (χ2n) is 5.46. The first-order valence-electron chi connectivity index (χ1n) is 7.07. The highest BCUT2D eigenvalue weighted by Crippen LogP contribution is 2.19. The van der Waals surface area contributed by atoms with Crippen molar-refractivity contribution >= 4 is 0 Å². The summed E-state index contributed by atoms with van der Waals surface area (Å²) in [5, 5.41) is 7.40. The van der Waals surface area contributed by atoms with Crippen molar-refractivity contribution in [2.45, 2.75) is 45.9 Å². The third-order valence-corrected chi connectivity index (χ3v) is 2.82. The van der Waals surface area contributed by atoms with Gasteiger partial charge in [-0.15, -0.1) is 0 Å². The highest BCUT2D eigenvalue weighted by molar-refractivity contribution is 5.04. The van der Waals surface area contributed by atoms with Gasteiger partial charge in [-0.25, -0.2) is 0 Å². The normalized spacial score (nSPS) is 15.3. The van der Waals surface area contributed by atoms with Crippen LogP contribution >= 0.6 is 0 Å². The van der Waals surface area contributed by atoms with Crippen molar-refractivity contribution in [2.24, 2.45) is 5.92 Å². The van der Waals surface area contributed by atoms with Crippen LogP contribution in [0.25, 0.3) is 0 Å². The number of hydrogen-bond acceptors (Lipinski definition) is 5. The lowest BCUT2D eigenvalue weighted by Gasteiger charge is -2.06. The molecule has 0 atom stereocenters. The van der Waals surface area contributed by atoms with Crippen molar-refractivity contribution in [1.29, 1.82) is 0 Å². The van der Waals surface area contributed by atoms with Crippen LogP contribution in [0, 0.1) is 5.92 Å². The SMILES string of the molecule is CC(C)COCCOCc1cc(CNC2CC2)no1. The van der Waals surface area contributed by atoms with E-state index in [1.807, 2.05) is 6.07 Å². The molecule has 0 amide bonds. The van der Waals surface area contributed by atoms with Crippen LogP contribution in [0.4, 0.5) is 0 Å². The molecule has 1 aliphatic carbocycles. The van der Waals surface area contributed by atoms with E-state index in [4.69, 9.17) is 14.0 Å². The molecule has 108 valence electrons. The fourth-order valence-corrected chi connectivity index (χ4v) is 1.65. The molecule has 5 nitrogen and oxygen atoms in total. The maximum atomic E-state index is 5.47. The van der Waals surface area contributed by atoms with E-state index in [-0.39, 0.29) is 0 Å². The van der Waals surface area contributed by atoms with Crippen molar-refractivity contribution < 1.29 is 14.0 Å². The van der Waals surface area contributed by atoms with Gasteiger partial charge in [-0.05, 0) is 18.8 Å². The highest BCUT2D eigenvalue weighted by Gasteiger charge is 2.20. The van der Waals surface area contributed by atoms with Crippen LogP contribution < -0.4 is 5.32 Å². The first-order valence-corrected chi connectivity index (χ1v) is 7.07. The van der Waals surface area contributed by atoms with Gasteiger partial charge in [-0.3, -0.25) is 0 Å². The zero-order chi connectivity index (χ0) is 13.5. The Morgan fingerprint density at radius 1 is 1.37 bits per heavy atom. The van der Waals surface area contributed by atoms with Gasteiger partial charge in [-0.1, -0.05) is 19.0 Å². The number of ether oxygens (including phenoxy) is 2. The lowest BCUT2D eigenvalue weighted by atomic mass is 10.2. The van der Waals surface area contributed by atoms with Gasteiger partial charge < -0.3 is 19.3 Å². The minimum Gasteiger partial charge on any atom is -0.379 e. The highest BCUT2D eigenvalue weighted by atomic mass is 16.5. The first kappa shape index (κ1) is 14.5. The fraction of sp³-hybridized carbons (Fsp3) is 0.786. The van der Waals surface area contributed by atoms with E-state index in [0.29, 0.717) is 31.8 Å². The molecule has 1 heterocycles. The lowest BCUT2D eigenvalue weighted by molar-refractivity contribution is 0.0250. The Hall–Kier alpha value is -0.910. The van der Waals surface area contributed by atoms with Crippen molar-refractivity contribution in [1.82, 2.24) is 10.5 Å². The Labute approximate surface area is 114 Å². The van der Waals surface area contributed by atoms with Gasteiger partial charge >= 0.3 is 0 Å². The second-order valence-corrected chi connectivity index (χ2v) is 5.46. The molecule has 1 aliphatic rings. The van der Waals surface area contributed by atoms with Gasteiger partial charge in [0.05, 0.1) is 18.9 Å². The third-order valence-electron chi connectivity index (χ3n) is 2.82. The Morgan fingerprint density at radius 2 is 2.16 bits per heavy atom. The predicted molar refractivity (Wildman–Crippen MR) is 71.7 cm³/mol. The summed E-state index contributed by atoms with van der Waals surface area (Å²) >= 11 is 0. The molecular formula is C14H24N2O3. The Morgan fingerprint density at radius 3 is 2.89 bits per heavy atom. The molecule has 0 aliphatic heterocycles. The summed E-state index contributed by atoms with van der Waals surface area (Å²) < 4.78 is 16.1. The van der Waals surface area contributed by atoms with Gasteiger partial charge in [0.1, 0.15) is 6.61 Å². The molecule has 0 saturated heterocycles. The fourth-order valence-electron chi connectivity index (χ4n) is 1.65. The third kappa shape index (κ3) is 6.18. The molecule has 0 radical (unpaired) electrons. The lowest BCUT2D eigenvalue weighted by Crippen LogP contribution is -2.15. The van der Waals surface area contributed by atoms with E-state index < -0.39 is 0 Å². The van der Waals surface area contributed by atoms with Gasteiger partial charge in [0.15, 0.2) is 5.76 Å². The summed E-state index contributed by atoms with van der Waals surface area (Å²) in [4.78, 5) is 0. The van der Waals surface area contributed by atoms with Crippen LogP contribution in [0.5, 0.6) is 0 Å². The second kappa shape index (κ2) is 7.62. The minimum atomic E-state index is 0.460. The monoisotopic (exact) mass is 268 g/mol. The molecule has 5 heteroatoms. The molecule has 1 N–H and O–H groups in total. The van der Waals surface area contributed by atoms with Crippen molar-refractivity contribution in [2.75, 3.05) is 19.8 Å². The molecule has 0 spiro atoms.